The number of carboxylic acids is 1. The van der Waals surface area contributed by atoms with E-state index in [9.17, 15) is 14.0 Å². The average molecular weight is 371 g/mol. The SMILES string of the molecule is Cc1c(C(=O)O)cnn1C1CCN(C(=O)C2CC2c2ccc(F)cc2)CC1. The van der Waals surface area contributed by atoms with Crippen LogP contribution in [0, 0.1) is 18.7 Å². The zero-order valence-corrected chi connectivity index (χ0v) is 15.1. The molecule has 1 saturated heterocycles. The first kappa shape index (κ1) is 17.7. The van der Waals surface area contributed by atoms with Gasteiger partial charge in [0, 0.05) is 19.0 Å². The fourth-order valence-electron chi connectivity index (χ4n) is 4.11. The third kappa shape index (κ3) is 3.34. The van der Waals surface area contributed by atoms with Gasteiger partial charge in [-0.1, -0.05) is 12.1 Å². The Morgan fingerprint density at radius 1 is 1.19 bits per heavy atom. The molecule has 142 valence electrons. The summed E-state index contributed by atoms with van der Waals surface area (Å²) in [5.41, 5.74) is 1.91. The quantitative estimate of drug-likeness (QED) is 0.896. The van der Waals surface area contributed by atoms with Gasteiger partial charge in [-0.05, 0) is 49.8 Å². The Morgan fingerprint density at radius 3 is 2.44 bits per heavy atom. The molecule has 1 aromatic heterocycles. The molecule has 0 bridgehead atoms. The number of carbonyl (C=O) groups is 2. The predicted octanol–water partition coefficient (Wildman–Crippen LogP) is 3.00. The number of nitrogens with zero attached hydrogens (tertiary/aromatic N) is 3. The van der Waals surface area contributed by atoms with Crippen LogP contribution in [0.3, 0.4) is 0 Å². The Kier molecular flexibility index (Phi) is 4.45. The third-order valence-corrected chi connectivity index (χ3v) is 5.80. The first-order valence-electron chi connectivity index (χ1n) is 9.27. The van der Waals surface area contributed by atoms with E-state index in [4.69, 9.17) is 5.11 Å². The molecule has 2 fully saturated rings. The van der Waals surface area contributed by atoms with E-state index in [-0.39, 0.29) is 35.2 Å². The molecule has 2 atom stereocenters. The van der Waals surface area contributed by atoms with Gasteiger partial charge in [-0.25, -0.2) is 9.18 Å². The maximum Gasteiger partial charge on any atom is 0.339 e. The molecule has 1 amide bonds. The van der Waals surface area contributed by atoms with E-state index in [0.717, 1.165) is 24.8 Å². The summed E-state index contributed by atoms with van der Waals surface area (Å²) in [6, 6.07) is 6.53. The summed E-state index contributed by atoms with van der Waals surface area (Å²) in [5, 5.41) is 13.4. The number of likely N-dealkylation sites (tertiary alicyclic amines) is 1. The molecule has 1 aliphatic carbocycles. The number of aromatic carboxylic acids is 1. The predicted molar refractivity (Wildman–Crippen MR) is 96.0 cm³/mol. The first-order valence-corrected chi connectivity index (χ1v) is 9.27. The monoisotopic (exact) mass is 371 g/mol. The minimum atomic E-state index is -0.966. The molecule has 7 heteroatoms. The molecule has 1 aromatic carbocycles. The third-order valence-electron chi connectivity index (χ3n) is 5.80. The second kappa shape index (κ2) is 6.79. The van der Waals surface area contributed by atoms with E-state index in [0.29, 0.717) is 18.8 Å². The number of piperidine rings is 1. The van der Waals surface area contributed by atoms with E-state index >= 15 is 0 Å². The van der Waals surface area contributed by atoms with Gasteiger partial charge < -0.3 is 10.0 Å². The summed E-state index contributed by atoms with van der Waals surface area (Å²) in [4.78, 5) is 25.9. The minimum Gasteiger partial charge on any atom is -0.478 e. The molecule has 0 spiro atoms. The zero-order chi connectivity index (χ0) is 19.1. The van der Waals surface area contributed by atoms with Gasteiger partial charge in [-0.3, -0.25) is 9.48 Å². The van der Waals surface area contributed by atoms with Crippen molar-refractivity contribution in [3.05, 3.63) is 53.1 Å². The van der Waals surface area contributed by atoms with Gasteiger partial charge in [-0.15, -0.1) is 0 Å². The fraction of sp³-hybridized carbons (Fsp3) is 0.450. The maximum atomic E-state index is 13.1. The number of rotatable bonds is 4. The normalized spacial score (nSPS) is 22.7. The maximum absolute atomic E-state index is 13.1. The van der Waals surface area contributed by atoms with Gasteiger partial charge in [0.2, 0.25) is 5.91 Å². The Bertz CT molecular complexity index is 869. The second-order valence-corrected chi connectivity index (χ2v) is 7.45. The number of amides is 1. The van der Waals surface area contributed by atoms with Crippen LogP contribution >= 0.6 is 0 Å². The van der Waals surface area contributed by atoms with Crippen LogP contribution < -0.4 is 0 Å². The van der Waals surface area contributed by atoms with Crippen molar-refractivity contribution in [2.75, 3.05) is 13.1 Å². The van der Waals surface area contributed by atoms with Crippen LogP contribution in [-0.4, -0.2) is 44.8 Å². The van der Waals surface area contributed by atoms with Gasteiger partial charge in [-0.2, -0.15) is 5.10 Å². The molecule has 1 aliphatic heterocycles. The Balaban J connectivity index is 1.35. The van der Waals surface area contributed by atoms with Crippen molar-refractivity contribution >= 4 is 11.9 Å². The lowest BCUT2D eigenvalue weighted by molar-refractivity contribution is -0.134. The lowest BCUT2D eigenvalue weighted by atomic mass is 10.0. The number of carboxylic acid groups (broad SMARTS) is 1. The molecule has 1 saturated carbocycles. The van der Waals surface area contributed by atoms with E-state index in [1.165, 1.54) is 18.3 Å². The molecular formula is C20H22FN3O3. The van der Waals surface area contributed by atoms with Crippen LogP contribution in [-0.2, 0) is 4.79 Å². The summed E-state index contributed by atoms with van der Waals surface area (Å²) < 4.78 is 14.8. The van der Waals surface area contributed by atoms with Crippen molar-refractivity contribution in [1.82, 2.24) is 14.7 Å². The minimum absolute atomic E-state index is 0.00272. The van der Waals surface area contributed by atoms with Gasteiger partial charge >= 0.3 is 5.97 Å². The van der Waals surface area contributed by atoms with Crippen LogP contribution in [0.1, 0.15) is 52.8 Å². The zero-order valence-electron chi connectivity index (χ0n) is 15.1. The van der Waals surface area contributed by atoms with Gasteiger partial charge in [0.05, 0.1) is 17.9 Å². The summed E-state index contributed by atoms with van der Waals surface area (Å²) in [6.45, 7) is 3.07. The van der Waals surface area contributed by atoms with Crippen molar-refractivity contribution < 1.29 is 19.1 Å². The number of aromatic nitrogens is 2. The summed E-state index contributed by atoms with van der Waals surface area (Å²) in [6.07, 6.45) is 3.75. The first-order chi connectivity index (χ1) is 13.0. The molecule has 2 unspecified atom stereocenters. The van der Waals surface area contributed by atoms with E-state index < -0.39 is 5.97 Å². The van der Waals surface area contributed by atoms with Crippen molar-refractivity contribution in [2.45, 2.75) is 38.1 Å². The number of hydrogen-bond donors (Lipinski definition) is 1. The molecule has 2 aromatic rings. The van der Waals surface area contributed by atoms with E-state index in [1.54, 1.807) is 23.7 Å². The van der Waals surface area contributed by atoms with Crippen LogP contribution in [0.5, 0.6) is 0 Å². The fourth-order valence-corrected chi connectivity index (χ4v) is 4.11. The number of carbonyl (C=O) groups excluding carboxylic acids is 1. The van der Waals surface area contributed by atoms with Gasteiger partial charge in [0.25, 0.3) is 0 Å². The Morgan fingerprint density at radius 2 is 1.85 bits per heavy atom. The van der Waals surface area contributed by atoms with Gasteiger partial charge in [0.15, 0.2) is 0 Å². The molecule has 6 nitrogen and oxygen atoms in total. The summed E-state index contributed by atoms with van der Waals surface area (Å²) in [7, 11) is 0. The van der Waals surface area contributed by atoms with Crippen molar-refractivity contribution in [3.63, 3.8) is 0 Å². The van der Waals surface area contributed by atoms with Crippen molar-refractivity contribution in [1.29, 1.82) is 0 Å². The van der Waals surface area contributed by atoms with E-state index in [1.807, 2.05) is 4.90 Å². The highest BCUT2D eigenvalue weighted by Gasteiger charge is 2.46. The Hall–Kier alpha value is -2.70. The highest BCUT2D eigenvalue weighted by molar-refractivity contribution is 5.88. The van der Waals surface area contributed by atoms with Crippen LogP contribution in [0.25, 0.3) is 0 Å². The number of benzene rings is 1. The molecule has 2 aliphatic rings. The lowest BCUT2D eigenvalue weighted by Crippen LogP contribution is -2.40. The van der Waals surface area contributed by atoms with Crippen molar-refractivity contribution in [3.8, 4) is 0 Å². The largest absolute Gasteiger partial charge is 0.478 e. The van der Waals surface area contributed by atoms with Gasteiger partial charge in [0.1, 0.15) is 11.4 Å². The highest BCUT2D eigenvalue weighted by atomic mass is 19.1. The molecule has 4 rings (SSSR count). The van der Waals surface area contributed by atoms with Crippen LogP contribution in [0.15, 0.2) is 30.5 Å². The van der Waals surface area contributed by atoms with Crippen molar-refractivity contribution in [2.24, 2.45) is 5.92 Å². The number of halogens is 1. The standard InChI is InChI=1S/C20H22FN3O3/c1-12-18(20(26)27)11-22-24(12)15-6-8-23(9-7-15)19(25)17-10-16(17)13-2-4-14(21)5-3-13/h2-5,11,15-17H,6-10H2,1H3,(H,26,27). The Labute approximate surface area is 156 Å². The molecular weight excluding hydrogens is 349 g/mol. The van der Waals surface area contributed by atoms with Crippen LogP contribution in [0.4, 0.5) is 4.39 Å². The number of hydrogen-bond acceptors (Lipinski definition) is 3. The smallest absolute Gasteiger partial charge is 0.339 e. The molecule has 0 radical (unpaired) electrons. The molecule has 2 heterocycles. The lowest BCUT2D eigenvalue weighted by Gasteiger charge is -2.33. The highest BCUT2D eigenvalue weighted by Crippen LogP contribution is 2.48. The second-order valence-electron chi connectivity index (χ2n) is 7.45. The summed E-state index contributed by atoms with van der Waals surface area (Å²) >= 11 is 0. The van der Waals surface area contributed by atoms with E-state index in [2.05, 4.69) is 5.10 Å². The summed E-state index contributed by atoms with van der Waals surface area (Å²) in [5.74, 6) is -0.859. The molecule has 27 heavy (non-hydrogen) atoms. The molecule has 1 N–H and O–H groups in total. The topological polar surface area (TPSA) is 75.4 Å². The average Bonchev–Trinajstić information content (AvgIpc) is 3.36. The van der Waals surface area contributed by atoms with Crippen LogP contribution in [0.2, 0.25) is 0 Å².